The molecule has 0 bridgehead atoms. The van der Waals surface area contributed by atoms with Crippen LogP contribution in [0.3, 0.4) is 0 Å². The molecule has 1 amide bonds. The Labute approximate surface area is 181 Å². The Morgan fingerprint density at radius 3 is 2.53 bits per heavy atom. The molecule has 0 spiro atoms. The summed E-state index contributed by atoms with van der Waals surface area (Å²) in [6.45, 7) is 0. The minimum absolute atomic E-state index is 0.0391. The number of rotatable bonds is 6. The van der Waals surface area contributed by atoms with E-state index in [2.05, 4.69) is 20.0 Å². The predicted molar refractivity (Wildman–Crippen MR) is 116 cm³/mol. The highest BCUT2D eigenvalue weighted by molar-refractivity contribution is 7.92. The number of carbonyl (C=O) groups excluding carboxylic acids is 1. The molecular weight excluding hydrogens is 436 g/mol. The summed E-state index contributed by atoms with van der Waals surface area (Å²) in [5.41, 5.74) is -0.271. The zero-order valence-electron chi connectivity index (χ0n) is 16.6. The number of anilines is 2. The average molecular weight is 452 g/mol. The topological polar surface area (TPSA) is 140 Å². The molecule has 0 atom stereocenters. The van der Waals surface area contributed by atoms with E-state index in [1.165, 1.54) is 49.8 Å². The summed E-state index contributed by atoms with van der Waals surface area (Å²) in [6.07, 6.45) is 1.17. The highest BCUT2D eigenvalue weighted by Crippen LogP contribution is 2.19. The van der Waals surface area contributed by atoms with Gasteiger partial charge in [0.15, 0.2) is 0 Å². The van der Waals surface area contributed by atoms with Gasteiger partial charge in [-0.3, -0.25) is 9.52 Å². The first-order valence-electron chi connectivity index (χ1n) is 9.19. The maximum atomic E-state index is 12.6. The van der Waals surface area contributed by atoms with Gasteiger partial charge >= 0.3 is 5.63 Å². The first-order valence-corrected chi connectivity index (χ1v) is 10.7. The largest absolute Gasteiger partial charge is 0.481 e. The number of fused-ring (bicyclic) bond motifs is 1. The maximum absolute atomic E-state index is 12.6. The van der Waals surface area contributed by atoms with E-state index in [-0.39, 0.29) is 22.2 Å². The van der Waals surface area contributed by atoms with Crippen LogP contribution in [0.5, 0.6) is 5.88 Å². The molecule has 2 heterocycles. The molecule has 0 aliphatic heterocycles. The summed E-state index contributed by atoms with van der Waals surface area (Å²) in [5, 5.41) is 3.16. The van der Waals surface area contributed by atoms with Gasteiger partial charge in [0.2, 0.25) is 5.88 Å². The second kappa shape index (κ2) is 8.47. The van der Waals surface area contributed by atoms with Gasteiger partial charge in [-0.1, -0.05) is 18.2 Å². The molecule has 0 unspecified atom stereocenters. The quantitative estimate of drug-likeness (QED) is 0.426. The fourth-order valence-corrected chi connectivity index (χ4v) is 3.84. The van der Waals surface area contributed by atoms with E-state index in [1.807, 2.05) is 0 Å². The number of benzene rings is 2. The number of sulfonamides is 1. The van der Waals surface area contributed by atoms with Gasteiger partial charge in [0.1, 0.15) is 23.3 Å². The third-order valence-corrected chi connectivity index (χ3v) is 5.77. The molecule has 0 saturated carbocycles. The van der Waals surface area contributed by atoms with Gasteiger partial charge in [-0.25, -0.2) is 23.2 Å². The Kier molecular flexibility index (Phi) is 5.56. The lowest BCUT2D eigenvalue weighted by atomic mass is 10.1. The molecule has 32 heavy (non-hydrogen) atoms. The van der Waals surface area contributed by atoms with Gasteiger partial charge in [0, 0.05) is 17.1 Å². The third-order valence-electron chi connectivity index (χ3n) is 4.40. The molecule has 162 valence electrons. The molecule has 4 rings (SSSR count). The van der Waals surface area contributed by atoms with Crippen LogP contribution in [0.2, 0.25) is 0 Å². The lowest BCUT2D eigenvalue weighted by Crippen LogP contribution is -2.20. The van der Waals surface area contributed by atoms with Crippen molar-refractivity contribution >= 4 is 38.4 Å². The molecule has 0 saturated heterocycles. The van der Waals surface area contributed by atoms with Crippen molar-refractivity contribution in [1.82, 2.24) is 9.97 Å². The van der Waals surface area contributed by atoms with Crippen LogP contribution >= 0.6 is 0 Å². The van der Waals surface area contributed by atoms with Crippen LogP contribution in [-0.4, -0.2) is 31.4 Å². The van der Waals surface area contributed by atoms with Crippen LogP contribution in [0.25, 0.3) is 11.0 Å². The molecule has 2 aromatic heterocycles. The number of amides is 1. The number of hydrogen-bond donors (Lipinski definition) is 2. The zero-order chi connectivity index (χ0) is 22.7. The molecular formula is C21H16N4O6S. The summed E-state index contributed by atoms with van der Waals surface area (Å²) < 4.78 is 37.6. The first-order chi connectivity index (χ1) is 15.4. The average Bonchev–Trinajstić information content (AvgIpc) is 2.78. The minimum Gasteiger partial charge on any atom is -0.481 e. The van der Waals surface area contributed by atoms with Crippen molar-refractivity contribution < 1.29 is 22.4 Å². The number of ether oxygens (including phenoxy) is 1. The normalized spacial score (nSPS) is 11.2. The molecule has 2 aromatic carbocycles. The predicted octanol–water partition coefficient (Wildman–Crippen LogP) is 2.64. The molecule has 0 aliphatic rings. The van der Waals surface area contributed by atoms with Crippen molar-refractivity contribution in [2.45, 2.75) is 4.90 Å². The number of nitrogens with zero attached hydrogens (tertiary/aromatic N) is 2. The molecule has 0 aliphatic carbocycles. The van der Waals surface area contributed by atoms with Gasteiger partial charge < -0.3 is 14.5 Å². The second-order valence-electron chi connectivity index (χ2n) is 6.51. The Morgan fingerprint density at radius 2 is 1.78 bits per heavy atom. The summed E-state index contributed by atoms with van der Waals surface area (Å²) in [5.74, 6) is -0.433. The zero-order valence-corrected chi connectivity index (χ0v) is 17.4. The molecule has 0 fully saturated rings. The highest BCUT2D eigenvalue weighted by atomic mass is 32.2. The summed E-state index contributed by atoms with van der Waals surface area (Å²) in [6, 6.07) is 15.0. The summed E-state index contributed by atoms with van der Waals surface area (Å²) in [4.78, 5) is 32.3. The van der Waals surface area contributed by atoms with Crippen molar-refractivity contribution in [3.63, 3.8) is 0 Å². The van der Waals surface area contributed by atoms with E-state index in [0.717, 1.165) is 0 Å². The fourth-order valence-electron chi connectivity index (χ4n) is 2.84. The van der Waals surface area contributed by atoms with Gasteiger partial charge in [0.25, 0.3) is 15.9 Å². The highest BCUT2D eigenvalue weighted by Gasteiger charge is 2.17. The molecule has 4 aromatic rings. The van der Waals surface area contributed by atoms with E-state index >= 15 is 0 Å². The first kappa shape index (κ1) is 21.0. The molecule has 2 N–H and O–H groups in total. The number of methoxy groups -OCH3 is 1. The van der Waals surface area contributed by atoms with Crippen molar-refractivity contribution in [2.75, 3.05) is 17.1 Å². The van der Waals surface area contributed by atoms with Crippen LogP contribution in [0.1, 0.15) is 10.4 Å². The minimum atomic E-state index is -3.94. The van der Waals surface area contributed by atoms with Gasteiger partial charge in [-0.15, -0.1) is 0 Å². The number of para-hydroxylation sites is 1. The van der Waals surface area contributed by atoms with E-state index in [9.17, 15) is 18.0 Å². The number of aromatic nitrogens is 2. The number of nitrogens with one attached hydrogen (secondary N) is 2. The van der Waals surface area contributed by atoms with Crippen molar-refractivity contribution in [2.24, 2.45) is 0 Å². The van der Waals surface area contributed by atoms with E-state index in [1.54, 1.807) is 24.3 Å². The number of hydrogen-bond acceptors (Lipinski definition) is 8. The third kappa shape index (κ3) is 4.42. The molecule has 10 nitrogen and oxygen atoms in total. The van der Waals surface area contributed by atoms with E-state index in [4.69, 9.17) is 9.15 Å². The lowest BCUT2D eigenvalue weighted by Gasteiger charge is -2.09. The van der Waals surface area contributed by atoms with Crippen molar-refractivity contribution in [1.29, 1.82) is 0 Å². The lowest BCUT2D eigenvalue weighted by molar-refractivity contribution is 0.102. The standard InChI is InChI=1S/C21H16N4O6S/c1-30-19-11-18(22-12-23-19)25-32(28,29)15-8-6-14(7-9-15)24-20(26)16-10-13-4-2-3-5-17(13)31-21(16)27/h2-12H,1H3,(H,24,26)(H,22,23,25). The second-order valence-corrected chi connectivity index (χ2v) is 8.20. The van der Waals surface area contributed by atoms with Crippen LogP contribution in [0.4, 0.5) is 11.5 Å². The summed E-state index contributed by atoms with van der Waals surface area (Å²) >= 11 is 0. The fraction of sp³-hybridized carbons (Fsp3) is 0.0476. The van der Waals surface area contributed by atoms with Gasteiger partial charge in [0.05, 0.1) is 12.0 Å². The smallest absolute Gasteiger partial charge is 0.349 e. The monoisotopic (exact) mass is 452 g/mol. The van der Waals surface area contributed by atoms with Crippen molar-refractivity contribution in [3.05, 3.63) is 83.0 Å². The summed E-state index contributed by atoms with van der Waals surface area (Å²) in [7, 11) is -2.54. The number of carbonyl (C=O) groups is 1. The maximum Gasteiger partial charge on any atom is 0.349 e. The molecule has 11 heteroatoms. The van der Waals surface area contributed by atoms with Gasteiger partial charge in [-0.2, -0.15) is 0 Å². The Hall–Kier alpha value is -4.25. The Balaban J connectivity index is 1.51. The van der Waals surface area contributed by atoms with Crippen LogP contribution < -0.4 is 20.4 Å². The SMILES string of the molecule is COc1cc(NS(=O)(=O)c2ccc(NC(=O)c3cc4ccccc4oc3=O)cc2)ncn1. The van der Waals surface area contributed by atoms with E-state index < -0.39 is 21.6 Å². The molecule has 0 radical (unpaired) electrons. The van der Waals surface area contributed by atoms with E-state index in [0.29, 0.717) is 16.7 Å². The Bertz CT molecular complexity index is 1470. The van der Waals surface area contributed by atoms with Crippen molar-refractivity contribution in [3.8, 4) is 5.88 Å². The van der Waals surface area contributed by atoms with Crippen LogP contribution in [0, 0.1) is 0 Å². The van der Waals surface area contributed by atoms with Crippen LogP contribution in [-0.2, 0) is 10.0 Å². The Morgan fingerprint density at radius 1 is 1.03 bits per heavy atom. The van der Waals surface area contributed by atoms with Crippen LogP contribution in [0.15, 0.2) is 81.1 Å². The van der Waals surface area contributed by atoms with Gasteiger partial charge in [-0.05, 0) is 36.4 Å².